The summed E-state index contributed by atoms with van der Waals surface area (Å²) in [5, 5.41) is 3.32. The van der Waals surface area contributed by atoms with Crippen LogP contribution in [0.15, 0.2) is 6.07 Å². The van der Waals surface area contributed by atoms with E-state index < -0.39 is 0 Å². The number of ether oxygens (including phenoxy) is 1. The van der Waals surface area contributed by atoms with Crippen molar-refractivity contribution < 1.29 is 4.74 Å². The fraction of sp³-hybridized carbons (Fsp3) is 0.733. The molecule has 0 spiro atoms. The quantitative estimate of drug-likeness (QED) is 0.884. The highest BCUT2D eigenvalue weighted by Crippen LogP contribution is 2.30. The predicted molar refractivity (Wildman–Crippen MR) is 77.5 cm³/mol. The SMILES string of the molecule is COc1cc(C)nc(NCCC2CCCC(C)C2)n1. The molecule has 2 unspecified atom stereocenters. The summed E-state index contributed by atoms with van der Waals surface area (Å²) < 4.78 is 5.15. The monoisotopic (exact) mass is 263 g/mol. The summed E-state index contributed by atoms with van der Waals surface area (Å²) in [6.45, 7) is 5.27. The maximum atomic E-state index is 5.15. The Labute approximate surface area is 116 Å². The highest BCUT2D eigenvalue weighted by atomic mass is 16.5. The van der Waals surface area contributed by atoms with E-state index in [1.54, 1.807) is 7.11 Å². The summed E-state index contributed by atoms with van der Waals surface area (Å²) in [7, 11) is 1.63. The van der Waals surface area contributed by atoms with Gasteiger partial charge in [0.25, 0.3) is 0 Å². The Morgan fingerprint density at radius 1 is 1.37 bits per heavy atom. The van der Waals surface area contributed by atoms with E-state index in [4.69, 9.17) is 4.74 Å². The van der Waals surface area contributed by atoms with Crippen molar-refractivity contribution in [1.29, 1.82) is 0 Å². The van der Waals surface area contributed by atoms with Crippen LogP contribution in [-0.4, -0.2) is 23.6 Å². The third-order valence-corrected chi connectivity index (χ3v) is 3.92. The molecule has 106 valence electrons. The lowest BCUT2D eigenvalue weighted by atomic mass is 9.81. The smallest absolute Gasteiger partial charge is 0.226 e. The number of rotatable bonds is 5. The normalized spacial score (nSPS) is 23.1. The third kappa shape index (κ3) is 4.37. The van der Waals surface area contributed by atoms with Gasteiger partial charge in [-0.1, -0.05) is 26.2 Å². The van der Waals surface area contributed by atoms with Gasteiger partial charge in [0.2, 0.25) is 11.8 Å². The van der Waals surface area contributed by atoms with E-state index in [-0.39, 0.29) is 0 Å². The molecule has 0 bridgehead atoms. The molecule has 1 aromatic rings. The van der Waals surface area contributed by atoms with Gasteiger partial charge in [0.1, 0.15) is 0 Å². The van der Waals surface area contributed by atoms with Crippen molar-refractivity contribution in [3.63, 3.8) is 0 Å². The zero-order valence-electron chi connectivity index (χ0n) is 12.3. The van der Waals surface area contributed by atoms with E-state index in [9.17, 15) is 0 Å². The van der Waals surface area contributed by atoms with Gasteiger partial charge in [0.05, 0.1) is 7.11 Å². The standard InChI is InChI=1S/C15H25N3O/c1-11-5-4-6-13(9-11)7-8-16-15-17-12(2)10-14(18-15)19-3/h10-11,13H,4-9H2,1-3H3,(H,16,17,18). The Kier molecular flexibility index (Phi) is 5.00. The number of nitrogens with one attached hydrogen (secondary N) is 1. The van der Waals surface area contributed by atoms with Gasteiger partial charge in [0, 0.05) is 18.3 Å². The van der Waals surface area contributed by atoms with Crippen LogP contribution in [-0.2, 0) is 0 Å². The third-order valence-electron chi connectivity index (χ3n) is 3.92. The molecular weight excluding hydrogens is 238 g/mol. The van der Waals surface area contributed by atoms with Crippen molar-refractivity contribution in [3.05, 3.63) is 11.8 Å². The second kappa shape index (κ2) is 6.73. The fourth-order valence-corrected chi connectivity index (χ4v) is 2.93. The van der Waals surface area contributed by atoms with Crippen molar-refractivity contribution in [2.24, 2.45) is 11.8 Å². The molecule has 0 aliphatic heterocycles. The Balaban J connectivity index is 1.80. The van der Waals surface area contributed by atoms with E-state index in [1.165, 1.54) is 32.1 Å². The van der Waals surface area contributed by atoms with Gasteiger partial charge in [-0.25, -0.2) is 4.98 Å². The largest absolute Gasteiger partial charge is 0.481 e. The van der Waals surface area contributed by atoms with Crippen LogP contribution in [0, 0.1) is 18.8 Å². The maximum absolute atomic E-state index is 5.15. The summed E-state index contributed by atoms with van der Waals surface area (Å²) in [6.07, 6.45) is 6.76. The van der Waals surface area contributed by atoms with Gasteiger partial charge in [-0.05, 0) is 31.6 Å². The number of anilines is 1. The molecule has 1 saturated carbocycles. The molecule has 1 aliphatic rings. The Morgan fingerprint density at radius 2 is 2.21 bits per heavy atom. The number of methoxy groups -OCH3 is 1. The predicted octanol–water partition coefficient (Wildman–Crippen LogP) is 3.42. The summed E-state index contributed by atoms with van der Waals surface area (Å²) in [5.74, 6) is 3.07. The van der Waals surface area contributed by atoms with Crippen molar-refractivity contribution in [1.82, 2.24) is 9.97 Å². The molecule has 0 amide bonds. The van der Waals surface area contributed by atoms with E-state index in [2.05, 4.69) is 22.2 Å². The van der Waals surface area contributed by atoms with Crippen molar-refractivity contribution in [3.8, 4) is 5.88 Å². The van der Waals surface area contributed by atoms with Gasteiger partial charge < -0.3 is 10.1 Å². The van der Waals surface area contributed by atoms with Crippen molar-refractivity contribution in [2.45, 2.75) is 46.0 Å². The Hall–Kier alpha value is -1.32. The van der Waals surface area contributed by atoms with Crippen LogP contribution in [0.25, 0.3) is 0 Å². The first-order valence-corrected chi connectivity index (χ1v) is 7.31. The number of aryl methyl sites for hydroxylation is 1. The van der Waals surface area contributed by atoms with Crippen LogP contribution in [0.5, 0.6) is 5.88 Å². The van der Waals surface area contributed by atoms with Gasteiger partial charge in [-0.2, -0.15) is 4.98 Å². The van der Waals surface area contributed by atoms with Crippen molar-refractivity contribution >= 4 is 5.95 Å². The van der Waals surface area contributed by atoms with E-state index in [1.807, 2.05) is 13.0 Å². The molecule has 2 atom stereocenters. The number of nitrogens with zero attached hydrogens (tertiary/aromatic N) is 2. The fourth-order valence-electron chi connectivity index (χ4n) is 2.93. The zero-order chi connectivity index (χ0) is 13.7. The molecule has 19 heavy (non-hydrogen) atoms. The lowest BCUT2D eigenvalue weighted by Gasteiger charge is -2.26. The van der Waals surface area contributed by atoms with Crippen LogP contribution in [0.2, 0.25) is 0 Å². The summed E-state index contributed by atoms with van der Waals surface area (Å²) in [6, 6.07) is 1.84. The number of hydrogen-bond donors (Lipinski definition) is 1. The minimum Gasteiger partial charge on any atom is -0.481 e. The Morgan fingerprint density at radius 3 is 2.95 bits per heavy atom. The van der Waals surface area contributed by atoms with E-state index >= 15 is 0 Å². The zero-order valence-corrected chi connectivity index (χ0v) is 12.3. The molecule has 1 heterocycles. The van der Waals surface area contributed by atoms with Crippen LogP contribution >= 0.6 is 0 Å². The highest BCUT2D eigenvalue weighted by Gasteiger charge is 2.18. The summed E-state index contributed by atoms with van der Waals surface area (Å²) in [4.78, 5) is 8.68. The van der Waals surface area contributed by atoms with Gasteiger partial charge in [-0.3, -0.25) is 0 Å². The number of aromatic nitrogens is 2. The van der Waals surface area contributed by atoms with E-state index in [0.717, 1.165) is 24.1 Å². The number of hydrogen-bond acceptors (Lipinski definition) is 4. The van der Waals surface area contributed by atoms with Crippen LogP contribution in [0.1, 0.15) is 44.7 Å². The molecule has 0 aromatic carbocycles. The lowest BCUT2D eigenvalue weighted by Crippen LogP contribution is -2.17. The lowest BCUT2D eigenvalue weighted by molar-refractivity contribution is 0.274. The minimum atomic E-state index is 0.626. The average molecular weight is 263 g/mol. The molecule has 4 heteroatoms. The molecule has 1 aliphatic carbocycles. The summed E-state index contributed by atoms with van der Waals surface area (Å²) in [5.41, 5.74) is 0.931. The van der Waals surface area contributed by atoms with E-state index in [0.29, 0.717) is 11.8 Å². The molecule has 2 rings (SSSR count). The second-order valence-electron chi connectivity index (χ2n) is 5.73. The topological polar surface area (TPSA) is 47.0 Å². The summed E-state index contributed by atoms with van der Waals surface area (Å²) >= 11 is 0. The molecule has 0 saturated heterocycles. The van der Waals surface area contributed by atoms with Gasteiger partial charge in [0.15, 0.2) is 0 Å². The molecule has 1 aromatic heterocycles. The average Bonchev–Trinajstić information content (AvgIpc) is 2.38. The first-order chi connectivity index (χ1) is 9.17. The molecule has 1 N–H and O–H groups in total. The van der Waals surface area contributed by atoms with Crippen molar-refractivity contribution in [2.75, 3.05) is 19.0 Å². The second-order valence-corrected chi connectivity index (χ2v) is 5.73. The molecular formula is C15H25N3O. The van der Waals surface area contributed by atoms with Gasteiger partial charge >= 0.3 is 0 Å². The van der Waals surface area contributed by atoms with Gasteiger partial charge in [-0.15, -0.1) is 0 Å². The van der Waals surface area contributed by atoms with Crippen LogP contribution in [0.3, 0.4) is 0 Å². The molecule has 4 nitrogen and oxygen atoms in total. The molecule has 0 radical (unpaired) electrons. The first-order valence-electron chi connectivity index (χ1n) is 7.31. The van der Waals surface area contributed by atoms with Crippen LogP contribution < -0.4 is 10.1 Å². The van der Waals surface area contributed by atoms with Crippen LogP contribution in [0.4, 0.5) is 5.95 Å². The first kappa shape index (κ1) is 14.1. The highest BCUT2D eigenvalue weighted by molar-refractivity contribution is 5.30. The Bertz CT molecular complexity index is 408. The molecule has 1 fully saturated rings. The maximum Gasteiger partial charge on any atom is 0.226 e. The minimum absolute atomic E-state index is 0.626.